The fraction of sp³-hybridized carbons (Fsp3) is 0.208. The van der Waals surface area contributed by atoms with Gasteiger partial charge in [0.05, 0.1) is 12.3 Å². The highest BCUT2D eigenvalue weighted by Gasteiger charge is 2.09. The molecular weight excluding hydrogens is 386 g/mol. The molecule has 0 aliphatic heterocycles. The van der Waals surface area contributed by atoms with Crippen molar-refractivity contribution >= 4 is 23.2 Å². The van der Waals surface area contributed by atoms with Gasteiger partial charge >= 0.3 is 0 Å². The first-order valence-corrected chi connectivity index (χ1v) is 9.94. The number of anilines is 1. The summed E-state index contributed by atoms with van der Waals surface area (Å²) >= 11 is 6.01. The Bertz CT molecular complexity index is 944. The lowest BCUT2D eigenvalue weighted by molar-refractivity contribution is -0.118. The van der Waals surface area contributed by atoms with Crippen LogP contribution in [0.5, 0.6) is 11.5 Å². The van der Waals surface area contributed by atoms with Gasteiger partial charge in [-0.05, 0) is 61.2 Å². The maximum absolute atomic E-state index is 12.3. The molecule has 1 N–H and O–H groups in total. The summed E-state index contributed by atoms with van der Waals surface area (Å²) < 4.78 is 11.4. The molecule has 0 atom stereocenters. The van der Waals surface area contributed by atoms with Crippen LogP contribution in [0.25, 0.3) is 0 Å². The monoisotopic (exact) mass is 409 g/mol. The summed E-state index contributed by atoms with van der Waals surface area (Å²) in [5.41, 5.74) is 2.82. The highest BCUT2D eigenvalue weighted by atomic mass is 35.5. The zero-order valence-corrected chi connectivity index (χ0v) is 17.1. The van der Waals surface area contributed by atoms with Crippen LogP contribution in [-0.2, 0) is 11.2 Å². The number of para-hydroxylation sites is 2. The molecule has 0 aliphatic rings. The molecule has 5 heteroatoms. The van der Waals surface area contributed by atoms with Gasteiger partial charge in [-0.25, -0.2) is 0 Å². The first-order valence-electron chi connectivity index (χ1n) is 9.56. The normalized spacial score (nSPS) is 10.4. The average molecular weight is 410 g/mol. The van der Waals surface area contributed by atoms with Crippen LogP contribution in [0.4, 0.5) is 5.69 Å². The van der Waals surface area contributed by atoms with Crippen LogP contribution >= 0.6 is 11.6 Å². The smallest absolute Gasteiger partial charge is 0.262 e. The number of carbonyl (C=O) groups is 1. The van der Waals surface area contributed by atoms with E-state index in [1.54, 1.807) is 18.2 Å². The topological polar surface area (TPSA) is 47.6 Å². The molecule has 150 valence electrons. The van der Waals surface area contributed by atoms with E-state index in [1.165, 1.54) is 5.56 Å². The second-order valence-corrected chi connectivity index (χ2v) is 7.09. The van der Waals surface area contributed by atoms with Gasteiger partial charge in [-0.15, -0.1) is 0 Å². The van der Waals surface area contributed by atoms with E-state index in [0.29, 0.717) is 28.8 Å². The van der Waals surface area contributed by atoms with Gasteiger partial charge in [-0.2, -0.15) is 0 Å². The largest absolute Gasteiger partial charge is 0.491 e. The van der Waals surface area contributed by atoms with Crippen molar-refractivity contribution in [3.63, 3.8) is 0 Å². The quantitative estimate of drug-likeness (QED) is 0.462. The number of hydrogen-bond acceptors (Lipinski definition) is 3. The summed E-state index contributed by atoms with van der Waals surface area (Å²) in [6, 6.07) is 23.0. The van der Waals surface area contributed by atoms with E-state index in [4.69, 9.17) is 21.1 Å². The van der Waals surface area contributed by atoms with Gasteiger partial charge in [0.15, 0.2) is 6.61 Å². The Labute approximate surface area is 176 Å². The summed E-state index contributed by atoms with van der Waals surface area (Å²) in [7, 11) is 0. The highest BCUT2D eigenvalue weighted by molar-refractivity contribution is 6.31. The van der Waals surface area contributed by atoms with Crippen molar-refractivity contribution in [2.24, 2.45) is 0 Å². The maximum Gasteiger partial charge on any atom is 0.262 e. The predicted molar refractivity (Wildman–Crippen MR) is 117 cm³/mol. The number of ether oxygens (including phenoxy) is 2. The number of hydrogen-bond donors (Lipinski definition) is 1. The van der Waals surface area contributed by atoms with Crippen LogP contribution in [0.15, 0.2) is 72.8 Å². The van der Waals surface area contributed by atoms with E-state index < -0.39 is 0 Å². The number of nitrogens with one attached hydrogen (secondary N) is 1. The van der Waals surface area contributed by atoms with Gasteiger partial charge in [0.25, 0.3) is 5.91 Å². The second kappa shape index (κ2) is 10.5. The molecular formula is C24H24ClNO3. The summed E-state index contributed by atoms with van der Waals surface area (Å²) in [5.74, 6) is 1.00. The summed E-state index contributed by atoms with van der Waals surface area (Å²) in [6.07, 6.45) is 1.84. The van der Waals surface area contributed by atoms with Crippen LogP contribution in [0.3, 0.4) is 0 Å². The predicted octanol–water partition coefficient (Wildman–Crippen LogP) is 5.68. The van der Waals surface area contributed by atoms with Crippen molar-refractivity contribution < 1.29 is 14.3 Å². The Balaban J connectivity index is 1.48. The zero-order valence-electron chi connectivity index (χ0n) is 16.4. The maximum atomic E-state index is 12.3. The van der Waals surface area contributed by atoms with Crippen LogP contribution in [0, 0.1) is 6.92 Å². The van der Waals surface area contributed by atoms with Gasteiger partial charge < -0.3 is 14.8 Å². The van der Waals surface area contributed by atoms with Crippen LogP contribution < -0.4 is 14.8 Å². The molecule has 0 heterocycles. The lowest BCUT2D eigenvalue weighted by atomic mass is 10.1. The van der Waals surface area contributed by atoms with Gasteiger partial charge in [-0.3, -0.25) is 4.79 Å². The van der Waals surface area contributed by atoms with Crippen LogP contribution in [-0.4, -0.2) is 19.1 Å². The number of carbonyl (C=O) groups excluding carboxylic acids is 1. The Morgan fingerprint density at radius 3 is 2.52 bits per heavy atom. The van der Waals surface area contributed by atoms with E-state index in [2.05, 4.69) is 17.4 Å². The molecule has 3 aromatic carbocycles. The molecule has 3 rings (SSSR count). The van der Waals surface area contributed by atoms with Gasteiger partial charge in [0.2, 0.25) is 0 Å². The molecule has 0 spiro atoms. The fourth-order valence-electron chi connectivity index (χ4n) is 2.84. The number of benzene rings is 3. The molecule has 0 unspecified atom stereocenters. The van der Waals surface area contributed by atoms with E-state index >= 15 is 0 Å². The average Bonchev–Trinajstić information content (AvgIpc) is 2.74. The third-order valence-corrected chi connectivity index (χ3v) is 4.79. The van der Waals surface area contributed by atoms with E-state index in [0.717, 1.165) is 18.4 Å². The molecule has 1 amide bonds. The Kier molecular flexibility index (Phi) is 7.54. The number of amides is 1. The van der Waals surface area contributed by atoms with Crippen molar-refractivity contribution in [1.82, 2.24) is 0 Å². The Morgan fingerprint density at radius 1 is 0.966 bits per heavy atom. The summed E-state index contributed by atoms with van der Waals surface area (Å²) in [5, 5.41) is 3.52. The highest BCUT2D eigenvalue weighted by Crippen LogP contribution is 2.24. The summed E-state index contributed by atoms with van der Waals surface area (Å²) in [4.78, 5) is 12.3. The molecule has 0 bridgehead atoms. The summed E-state index contributed by atoms with van der Waals surface area (Å²) in [6.45, 7) is 2.37. The first kappa shape index (κ1) is 20.7. The fourth-order valence-corrected chi connectivity index (χ4v) is 2.96. The first-order chi connectivity index (χ1) is 14.1. The minimum absolute atomic E-state index is 0.0938. The molecule has 3 aromatic rings. The van der Waals surface area contributed by atoms with E-state index in [-0.39, 0.29) is 12.5 Å². The van der Waals surface area contributed by atoms with Gasteiger partial charge in [0.1, 0.15) is 11.5 Å². The van der Waals surface area contributed by atoms with Crippen molar-refractivity contribution in [2.75, 3.05) is 18.5 Å². The van der Waals surface area contributed by atoms with Gasteiger partial charge in [0, 0.05) is 5.02 Å². The third-order valence-electron chi connectivity index (χ3n) is 4.37. The molecule has 0 aromatic heterocycles. The molecule has 0 radical (unpaired) electrons. The van der Waals surface area contributed by atoms with E-state index in [9.17, 15) is 4.79 Å². The molecule has 29 heavy (non-hydrogen) atoms. The molecule has 0 fully saturated rings. The Morgan fingerprint density at radius 2 is 1.72 bits per heavy atom. The van der Waals surface area contributed by atoms with Crippen LogP contribution in [0.2, 0.25) is 5.02 Å². The standard InChI is InChI=1S/C24H24ClNO3/c1-18-16-20(13-14-21(18)25)29-17-24(27)26-22-11-5-6-12-23(22)28-15-7-10-19-8-3-2-4-9-19/h2-6,8-9,11-14,16H,7,10,15,17H2,1H3,(H,26,27). The number of aryl methyl sites for hydroxylation is 2. The minimum atomic E-state index is -0.252. The third kappa shape index (κ3) is 6.54. The SMILES string of the molecule is Cc1cc(OCC(=O)Nc2ccccc2OCCCc2ccccc2)ccc1Cl. The molecule has 0 aliphatic carbocycles. The minimum Gasteiger partial charge on any atom is -0.491 e. The Hall–Kier alpha value is -2.98. The molecule has 4 nitrogen and oxygen atoms in total. The van der Waals surface area contributed by atoms with Crippen molar-refractivity contribution in [3.05, 3.63) is 88.9 Å². The number of halogens is 1. The van der Waals surface area contributed by atoms with Crippen LogP contribution in [0.1, 0.15) is 17.5 Å². The number of rotatable bonds is 9. The molecule has 0 saturated carbocycles. The lowest BCUT2D eigenvalue weighted by Gasteiger charge is -2.13. The lowest BCUT2D eigenvalue weighted by Crippen LogP contribution is -2.20. The second-order valence-electron chi connectivity index (χ2n) is 6.68. The molecule has 0 saturated heterocycles. The van der Waals surface area contributed by atoms with E-state index in [1.807, 2.05) is 49.4 Å². The van der Waals surface area contributed by atoms with Gasteiger partial charge in [-0.1, -0.05) is 54.1 Å². The zero-order chi connectivity index (χ0) is 20.5. The van der Waals surface area contributed by atoms with Crippen molar-refractivity contribution in [2.45, 2.75) is 19.8 Å². The van der Waals surface area contributed by atoms with Crippen molar-refractivity contribution in [1.29, 1.82) is 0 Å². The van der Waals surface area contributed by atoms with Crippen molar-refractivity contribution in [3.8, 4) is 11.5 Å².